The van der Waals surface area contributed by atoms with E-state index < -0.39 is 0 Å². The van der Waals surface area contributed by atoms with Crippen LogP contribution in [0.25, 0.3) is 0 Å². The summed E-state index contributed by atoms with van der Waals surface area (Å²) in [5.41, 5.74) is 0. The summed E-state index contributed by atoms with van der Waals surface area (Å²) in [6.45, 7) is 0. The van der Waals surface area contributed by atoms with E-state index in [9.17, 15) is 0 Å². The Morgan fingerprint density at radius 3 is 1.00 bits per heavy atom. The van der Waals surface area contributed by atoms with Gasteiger partial charge in [-0.05, 0) is 0 Å². The van der Waals surface area contributed by atoms with Crippen molar-refractivity contribution >= 4 is 39.5 Å². The summed E-state index contributed by atoms with van der Waals surface area (Å²) in [6.07, 6.45) is 0. The molecule has 1 unspecified atom stereocenters. The molecule has 0 radical (unpaired) electrons. The molecule has 0 aliphatic rings. The molecule has 20 valence electrons. The Balaban J connectivity index is 0. The second kappa shape index (κ2) is 17.6. The van der Waals surface area contributed by atoms with Crippen molar-refractivity contribution in [3.63, 3.8) is 0 Å². The summed E-state index contributed by atoms with van der Waals surface area (Å²) in [6, 6.07) is 0. The predicted octanol–water partition coefficient (Wildman–Crippen LogP) is -0.595. The van der Waals surface area contributed by atoms with Gasteiger partial charge in [0.25, 0.3) is 0 Å². The van der Waals surface area contributed by atoms with E-state index in [-0.39, 0.29) is 76.0 Å². The second-order valence-corrected chi connectivity index (χ2v) is 0. The average Bonchev–Trinajstić information content (AvgIpc) is 0. The van der Waals surface area contributed by atoms with Gasteiger partial charge in [-0.3, -0.25) is 0 Å². The average molecular weight is 179 g/mol. The van der Waals surface area contributed by atoms with Gasteiger partial charge in [-0.25, -0.2) is 0 Å². The van der Waals surface area contributed by atoms with E-state index in [0.717, 1.165) is 0 Å². The Morgan fingerprint density at radius 1 is 1.00 bits per heavy atom. The van der Waals surface area contributed by atoms with Crippen LogP contribution in [0, 0.1) is 0 Å². The van der Waals surface area contributed by atoms with E-state index in [1.807, 2.05) is 0 Å². The van der Waals surface area contributed by atoms with Crippen molar-refractivity contribution in [2.75, 3.05) is 0 Å². The zero-order valence-electron chi connectivity index (χ0n) is 1.77. The molecule has 0 aliphatic carbocycles. The van der Waals surface area contributed by atoms with Crippen LogP contribution in [-0.2, 0) is 36.5 Å². The Morgan fingerprint density at radius 2 is 1.00 bits per heavy atom. The van der Waals surface area contributed by atoms with Gasteiger partial charge in [0, 0.05) is 36.5 Å². The molecule has 0 heterocycles. The van der Waals surface area contributed by atoms with Crippen LogP contribution in [0.1, 0.15) is 0 Å². The molecule has 0 aromatic rings. The van der Waals surface area contributed by atoms with Crippen molar-refractivity contribution in [3.05, 3.63) is 0 Å². The molecular weight excluding hydrogens is 175 g/mol. The molecule has 0 fully saturated rings. The van der Waals surface area contributed by atoms with Gasteiger partial charge < -0.3 is 0 Å². The first-order valence-corrected chi connectivity index (χ1v) is 0. The van der Waals surface area contributed by atoms with Gasteiger partial charge in [0.2, 0.25) is 0 Å². The summed E-state index contributed by atoms with van der Waals surface area (Å²) < 4.78 is 0. The molecule has 0 amide bonds. The standard InChI is InChI=1S/Fe.Na.H3P.Zn.H/h;;1H3;;. The molecule has 0 saturated heterocycles. The molecule has 0 nitrogen and oxygen atoms in total. The van der Waals surface area contributed by atoms with Gasteiger partial charge in [0.05, 0.1) is 0 Å². The van der Waals surface area contributed by atoms with E-state index in [1.165, 1.54) is 0 Å². The zero-order chi connectivity index (χ0) is 0. The molecule has 4 heteroatoms. The molecule has 0 spiro atoms. The summed E-state index contributed by atoms with van der Waals surface area (Å²) in [4.78, 5) is 0. The second-order valence-electron chi connectivity index (χ2n) is 0. The van der Waals surface area contributed by atoms with Crippen molar-refractivity contribution in [1.82, 2.24) is 0 Å². The summed E-state index contributed by atoms with van der Waals surface area (Å²) in [5.74, 6) is 0. The Bertz CT molecular complexity index is 8.00. The Kier molecular flexibility index (Phi) is 136. The first-order valence-electron chi connectivity index (χ1n) is 0. The summed E-state index contributed by atoms with van der Waals surface area (Å²) in [5, 5.41) is 0. The zero-order valence-corrected chi connectivity index (χ0v) is 7.25. The summed E-state index contributed by atoms with van der Waals surface area (Å²) >= 11 is 0. The Hall–Kier alpha value is 2.57. The van der Waals surface area contributed by atoms with Crippen LogP contribution in [0.3, 0.4) is 0 Å². The van der Waals surface area contributed by atoms with Crippen molar-refractivity contribution in [2.24, 2.45) is 0 Å². The third kappa shape index (κ3) is 8.82. The molecule has 0 bridgehead atoms. The fourth-order valence-electron chi connectivity index (χ4n) is 0. The number of hydrogen-bond acceptors (Lipinski definition) is 0. The van der Waals surface area contributed by atoms with Gasteiger partial charge >= 0.3 is 29.6 Å². The molecule has 0 rings (SSSR count). The summed E-state index contributed by atoms with van der Waals surface area (Å²) in [7, 11) is 0. The number of rotatable bonds is 0. The minimum absolute atomic E-state index is 0. The minimum atomic E-state index is 0. The van der Waals surface area contributed by atoms with E-state index in [1.54, 1.807) is 0 Å². The Labute approximate surface area is 75.0 Å². The first kappa shape index (κ1) is 30.8. The van der Waals surface area contributed by atoms with Gasteiger partial charge in [0.1, 0.15) is 0 Å². The third-order valence-electron chi connectivity index (χ3n) is 0. The van der Waals surface area contributed by atoms with Crippen molar-refractivity contribution < 1.29 is 36.5 Å². The predicted molar refractivity (Wildman–Crippen MR) is 18.3 cm³/mol. The molecule has 0 aromatic heterocycles. The maximum Gasteiger partial charge on any atom is 0 e. The third-order valence-corrected chi connectivity index (χ3v) is 0. The SMILES string of the molecule is P.[Fe].[NaH].[Zn]. The molecule has 0 aromatic carbocycles. The van der Waals surface area contributed by atoms with Crippen LogP contribution in [0.5, 0.6) is 0 Å². The minimum Gasteiger partial charge on any atom is 0 e. The van der Waals surface area contributed by atoms with Crippen LogP contribution >= 0.6 is 9.90 Å². The van der Waals surface area contributed by atoms with Crippen molar-refractivity contribution in [2.45, 2.75) is 0 Å². The normalized spacial score (nSPS) is 0. The van der Waals surface area contributed by atoms with Crippen LogP contribution in [0.15, 0.2) is 0 Å². The molecule has 0 saturated carbocycles. The van der Waals surface area contributed by atoms with Crippen LogP contribution in [-0.4, -0.2) is 29.6 Å². The van der Waals surface area contributed by atoms with Crippen molar-refractivity contribution in [3.8, 4) is 0 Å². The fourth-order valence-corrected chi connectivity index (χ4v) is 0. The first-order chi connectivity index (χ1) is 0. The topological polar surface area (TPSA) is 0 Å². The van der Waals surface area contributed by atoms with Crippen molar-refractivity contribution in [1.29, 1.82) is 0 Å². The number of hydrogen-bond donors (Lipinski definition) is 0. The largest absolute Gasteiger partial charge is 0 e. The molecule has 0 N–H and O–H groups in total. The molecule has 0 aliphatic heterocycles. The van der Waals surface area contributed by atoms with E-state index in [2.05, 4.69) is 0 Å². The van der Waals surface area contributed by atoms with Crippen LogP contribution < -0.4 is 0 Å². The van der Waals surface area contributed by atoms with Crippen LogP contribution in [0.4, 0.5) is 0 Å². The van der Waals surface area contributed by atoms with E-state index in [0.29, 0.717) is 0 Å². The quantitative estimate of drug-likeness (QED) is 0.344. The fraction of sp³-hybridized carbons (Fsp3) is 0. The van der Waals surface area contributed by atoms with Gasteiger partial charge in [-0.15, -0.1) is 0 Å². The smallest absolute Gasteiger partial charge is 0 e. The maximum absolute atomic E-state index is 0. The van der Waals surface area contributed by atoms with Crippen LogP contribution in [0.2, 0.25) is 0 Å². The van der Waals surface area contributed by atoms with Gasteiger partial charge in [-0.1, -0.05) is 0 Å². The van der Waals surface area contributed by atoms with E-state index in [4.69, 9.17) is 0 Å². The van der Waals surface area contributed by atoms with Gasteiger partial charge in [-0.2, -0.15) is 9.90 Å². The van der Waals surface area contributed by atoms with E-state index >= 15 is 0 Å². The molecule has 4 heavy (non-hydrogen) atoms. The maximum atomic E-state index is 0. The molecular formula is H4FeNaPZn. The monoisotopic (exact) mass is 178 g/mol. The van der Waals surface area contributed by atoms with Gasteiger partial charge in [0.15, 0.2) is 0 Å². The molecule has 1 atom stereocenters.